The van der Waals surface area contributed by atoms with Crippen molar-refractivity contribution in [3.05, 3.63) is 22.7 Å². The highest BCUT2D eigenvalue weighted by Gasteiger charge is 2.15. The number of halogens is 1. The SMILES string of the molecule is COc1cc(Cl)c(C)cc1NC(=O)CN1CCCNCC1. The number of nitrogens with zero attached hydrogens (tertiary/aromatic N) is 1. The first-order chi connectivity index (χ1) is 10.1. The van der Waals surface area contributed by atoms with Crippen LogP contribution in [0.5, 0.6) is 5.75 Å². The molecule has 1 heterocycles. The summed E-state index contributed by atoms with van der Waals surface area (Å²) in [5.41, 5.74) is 1.57. The summed E-state index contributed by atoms with van der Waals surface area (Å²) in [5, 5.41) is 6.86. The van der Waals surface area contributed by atoms with Crippen molar-refractivity contribution in [2.24, 2.45) is 0 Å². The molecule has 0 radical (unpaired) electrons. The smallest absolute Gasteiger partial charge is 0.238 e. The molecule has 5 nitrogen and oxygen atoms in total. The summed E-state index contributed by atoms with van der Waals surface area (Å²) in [7, 11) is 1.57. The van der Waals surface area contributed by atoms with E-state index in [-0.39, 0.29) is 5.91 Å². The number of ether oxygens (including phenoxy) is 1. The quantitative estimate of drug-likeness (QED) is 0.891. The molecule has 116 valence electrons. The fourth-order valence-corrected chi connectivity index (χ4v) is 2.54. The van der Waals surface area contributed by atoms with Crippen LogP contribution in [0.15, 0.2) is 12.1 Å². The van der Waals surface area contributed by atoms with Crippen LogP contribution in [0.4, 0.5) is 5.69 Å². The van der Waals surface area contributed by atoms with Crippen LogP contribution in [0.25, 0.3) is 0 Å². The van der Waals surface area contributed by atoms with Gasteiger partial charge in [-0.25, -0.2) is 0 Å². The largest absolute Gasteiger partial charge is 0.495 e. The lowest BCUT2D eigenvalue weighted by atomic mass is 10.2. The first-order valence-electron chi connectivity index (χ1n) is 7.17. The van der Waals surface area contributed by atoms with Gasteiger partial charge >= 0.3 is 0 Å². The Morgan fingerprint density at radius 1 is 1.43 bits per heavy atom. The van der Waals surface area contributed by atoms with Gasteiger partial charge in [-0.1, -0.05) is 11.6 Å². The fourth-order valence-electron chi connectivity index (χ4n) is 2.38. The van der Waals surface area contributed by atoms with Crippen LogP contribution in [0, 0.1) is 6.92 Å². The van der Waals surface area contributed by atoms with Gasteiger partial charge in [0.15, 0.2) is 0 Å². The predicted molar refractivity (Wildman–Crippen MR) is 85.3 cm³/mol. The Bertz CT molecular complexity index is 500. The van der Waals surface area contributed by atoms with Crippen LogP contribution < -0.4 is 15.4 Å². The summed E-state index contributed by atoms with van der Waals surface area (Å²) in [4.78, 5) is 14.4. The zero-order chi connectivity index (χ0) is 15.2. The maximum absolute atomic E-state index is 12.2. The van der Waals surface area contributed by atoms with Crippen LogP contribution in [0.3, 0.4) is 0 Å². The summed E-state index contributed by atoms with van der Waals surface area (Å²) in [6.07, 6.45) is 1.07. The Balaban J connectivity index is 2.00. The molecule has 6 heteroatoms. The van der Waals surface area contributed by atoms with Crippen molar-refractivity contribution in [2.75, 3.05) is 45.2 Å². The maximum atomic E-state index is 12.2. The molecule has 0 spiro atoms. The highest BCUT2D eigenvalue weighted by Crippen LogP contribution is 2.30. The summed E-state index contributed by atoms with van der Waals surface area (Å²) in [5.74, 6) is 0.549. The standard InChI is InChI=1S/C15H22ClN3O2/c1-11-8-13(14(21-2)9-12(11)16)18-15(20)10-19-6-3-4-17-5-7-19/h8-9,17H,3-7,10H2,1-2H3,(H,18,20). The van der Waals surface area contributed by atoms with E-state index in [0.29, 0.717) is 23.0 Å². The van der Waals surface area contributed by atoms with Crippen molar-refractivity contribution in [3.63, 3.8) is 0 Å². The molecular formula is C15H22ClN3O2. The normalized spacial score (nSPS) is 16.3. The lowest BCUT2D eigenvalue weighted by molar-refractivity contribution is -0.117. The predicted octanol–water partition coefficient (Wildman–Crippen LogP) is 1.89. The number of nitrogens with one attached hydrogen (secondary N) is 2. The lowest BCUT2D eigenvalue weighted by Gasteiger charge is -2.19. The second kappa shape index (κ2) is 7.64. The molecule has 0 atom stereocenters. The van der Waals surface area contributed by atoms with Crippen LogP contribution in [0.2, 0.25) is 5.02 Å². The van der Waals surface area contributed by atoms with Crippen LogP contribution in [-0.2, 0) is 4.79 Å². The Morgan fingerprint density at radius 3 is 3.00 bits per heavy atom. The maximum Gasteiger partial charge on any atom is 0.238 e. The van der Waals surface area contributed by atoms with Crippen molar-refractivity contribution in [2.45, 2.75) is 13.3 Å². The molecule has 1 aromatic carbocycles. The second-order valence-corrected chi connectivity index (χ2v) is 5.64. The number of carbonyl (C=O) groups is 1. The number of hydrogen-bond acceptors (Lipinski definition) is 4. The van der Waals surface area contributed by atoms with Gasteiger partial charge in [-0.15, -0.1) is 0 Å². The monoisotopic (exact) mass is 311 g/mol. The molecule has 1 aliphatic rings. The van der Waals surface area contributed by atoms with Crippen molar-refractivity contribution >= 4 is 23.2 Å². The molecule has 0 bridgehead atoms. The minimum absolute atomic E-state index is 0.0306. The van der Waals surface area contributed by atoms with E-state index in [4.69, 9.17) is 16.3 Å². The van der Waals surface area contributed by atoms with E-state index in [1.54, 1.807) is 13.2 Å². The zero-order valence-corrected chi connectivity index (χ0v) is 13.3. The van der Waals surface area contributed by atoms with Gasteiger partial charge < -0.3 is 15.4 Å². The van der Waals surface area contributed by atoms with Crippen molar-refractivity contribution in [3.8, 4) is 5.75 Å². The third-order valence-corrected chi connectivity index (χ3v) is 3.96. The minimum atomic E-state index is -0.0306. The van der Waals surface area contributed by atoms with E-state index >= 15 is 0 Å². The number of anilines is 1. The van der Waals surface area contributed by atoms with E-state index in [0.717, 1.165) is 38.2 Å². The number of methoxy groups -OCH3 is 1. The van der Waals surface area contributed by atoms with Gasteiger partial charge in [0.2, 0.25) is 5.91 Å². The van der Waals surface area contributed by atoms with E-state index in [2.05, 4.69) is 15.5 Å². The minimum Gasteiger partial charge on any atom is -0.495 e. The Kier molecular flexibility index (Phi) is 5.85. The molecule has 0 saturated carbocycles. The van der Waals surface area contributed by atoms with Gasteiger partial charge in [0, 0.05) is 24.2 Å². The molecule has 1 aromatic rings. The van der Waals surface area contributed by atoms with Gasteiger partial charge in [0.1, 0.15) is 5.75 Å². The Morgan fingerprint density at radius 2 is 2.24 bits per heavy atom. The van der Waals surface area contributed by atoms with Gasteiger partial charge in [-0.2, -0.15) is 0 Å². The summed E-state index contributed by atoms with van der Waals surface area (Å²) in [6, 6.07) is 3.56. The number of carbonyl (C=O) groups excluding carboxylic acids is 1. The number of hydrogen-bond donors (Lipinski definition) is 2. The summed E-state index contributed by atoms with van der Waals surface area (Å²) in [6.45, 7) is 6.07. The van der Waals surface area contributed by atoms with E-state index < -0.39 is 0 Å². The molecule has 0 aliphatic carbocycles. The van der Waals surface area contributed by atoms with Crippen LogP contribution >= 0.6 is 11.6 Å². The molecule has 21 heavy (non-hydrogen) atoms. The lowest BCUT2D eigenvalue weighted by Crippen LogP contribution is -2.35. The Labute approximate surface area is 130 Å². The molecule has 2 N–H and O–H groups in total. The topological polar surface area (TPSA) is 53.6 Å². The second-order valence-electron chi connectivity index (χ2n) is 5.23. The van der Waals surface area contributed by atoms with E-state index in [1.807, 2.05) is 13.0 Å². The first-order valence-corrected chi connectivity index (χ1v) is 7.55. The van der Waals surface area contributed by atoms with Crippen LogP contribution in [-0.4, -0.2) is 50.6 Å². The molecule has 2 rings (SSSR count). The van der Waals surface area contributed by atoms with Gasteiger partial charge in [0.05, 0.1) is 19.3 Å². The first kappa shape index (κ1) is 16.1. The van der Waals surface area contributed by atoms with Gasteiger partial charge in [-0.3, -0.25) is 9.69 Å². The average Bonchev–Trinajstić information content (AvgIpc) is 2.71. The number of aryl methyl sites for hydroxylation is 1. The molecule has 0 aromatic heterocycles. The van der Waals surface area contributed by atoms with Gasteiger partial charge in [-0.05, 0) is 38.1 Å². The molecule has 1 fully saturated rings. The van der Waals surface area contributed by atoms with Crippen molar-refractivity contribution < 1.29 is 9.53 Å². The molecule has 1 saturated heterocycles. The van der Waals surface area contributed by atoms with E-state index in [9.17, 15) is 4.79 Å². The van der Waals surface area contributed by atoms with E-state index in [1.165, 1.54) is 0 Å². The third-order valence-electron chi connectivity index (χ3n) is 3.55. The number of amides is 1. The molecule has 1 amide bonds. The Hall–Kier alpha value is -1.30. The highest BCUT2D eigenvalue weighted by molar-refractivity contribution is 6.31. The highest BCUT2D eigenvalue weighted by atomic mass is 35.5. The van der Waals surface area contributed by atoms with Gasteiger partial charge in [0.25, 0.3) is 0 Å². The number of rotatable bonds is 4. The molecular weight excluding hydrogens is 290 g/mol. The number of benzene rings is 1. The summed E-state index contributed by atoms with van der Waals surface area (Å²) < 4.78 is 5.27. The molecule has 0 unspecified atom stereocenters. The molecule has 1 aliphatic heterocycles. The van der Waals surface area contributed by atoms with Crippen LogP contribution in [0.1, 0.15) is 12.0 Å². The fraction of sp³-hybridized carbons (Fsp3) is 0.533. The summed E-state index contributed by atoms with van der Waals surface area (Å²) >= 11 is 6.07. The third kappa shape index (κ3) is 4.59. The average molecular weight is 312 g/mol. The van der Waals surface area contributed by atoms with Crippen molar-refractivity contribution in [1.82, 2.24) is 10.2 Å². The zero-order valence-electron chi connectivity index (χ0n) is 12.5. The van der Waals surface area contributed by atoms with Crippen molar-refractivity contribution in [1.29, 1.82) is 0 Å².